The summed E-state index contributed by atoms with van der Waals surface area (Å²) in [5.74, 6) is 0. The predicted octanol–water partition coefficient (Wildman–Crippen LogP) is 19.3. The van der Waals surface area contributed by atoms with E-state index in [0.717, 1.165) is 34.1 Å². The lowest BCUT2D eigenvalue weighted by Crippen LogP contribution is -2.09. The maximum atomic E-state index is 2.40. The maximum absolute atomic E-state index is 2.40. The van der Waals surface area contributed by atoms with Gasteiger partial charge in [0.15, 0.2) is 0 Å². The second-order valence-electron chi connectivity index (χ2n) is 16.4. The van der Waals surface area contributed by atoms with Crippen LogP contribution in [0.2, 0.25) is 0 Å². The van der Waals surface area contributed by atoms with Gasteiger partial charge in [0.25, 0.3) is 0 Å². The van der Waals surface area contributed by atoms with Crippen LogP contribution in [0.3, 0.4) is 0 Å². The molecule has 0 aliphatic carbocycles. The molecule has 6 heteroatoms. The molecular formula is C58H34N2S4. The van der Waals surface area contributed by atoms with Crippen LogP contribution in [0.15, 0.2) is 206 Å². The van der Waals surface area contributed by atoms with E-state index in [4.69, 9.17) is 0 Å². The number of hydrogen-bond acceptors (Lipinski definition) is 6. The van der Waals surface area contributed by atoms with Crippen molar-refractivity contribution in [3.8, 4) is 0 Å². The number of anilines is 6. The summed E-state index contributed by atoms with van der Waals surface area (Å²) in [6.07, 6.45) is 0. The zero-order valence-corrected chi connectivity index (χ0v) is 37.4. The molecule has 0 amide bonds. The fourth-order valence-corrected chi connectivity index (χ4v) is 14.7. The number of thiophene rings is 4. The molecule has 0 aliphatic rings. The van der Waals surface area contributed by atoms with Gasteiger partial charge in [-0.3, -0.25) is 0 Å². The Kier molecular flexibility index (Phi) is 8.10. The Morgan fingerprint density at radius 2 is 0.484 bits per heavy atom. The molecule has 2 nitrogen and oxygen atoms in total. The number of hydrogen-bond donors (Lipinski definition) is 0. The Labute approximate surface area is 384 Å². The van der Waals surface area contributed by atoms with Gasteiger partial charge in [0.05, 0.1) is 0 Å². The summed E-state index contributed by atoms with van der Waals surface area (Å²) in [7, 11) is 0. The van der Waals surface area contributed by atoms with Crippen molar-refractivity contribution < 1.29 is 0 Å². The normalized spacial score (nSPS) is 12.1. The first-order valence-electron chi connectivity index (χ1n) is 21.5. The lowest BCUT2D eigenvalue weighted by atomic mass is 10.0. The van der Waals surface area contributed by atoms with Gasteiger partial charge < -0.3 is 9.80 Å². The molecule has 0 atom stereocenters. The van der Waals surface area contributed by atoms with Crippen LogP contribution in [0.5, 0.6) is 0 Å². The van der Waals surface area contributed by atoms with Crippen molar-refractivity contribution in [2.24, 2.45) is 0 Å². The van der Waals surface area contributed by atoms with Gasteiger partial charge in [0.2, 0.25) is 0 Å². The number of benzene rings is 10. The molecule has 0 N–H and O–H groups in total. The summed E-state index contributed by atoms with van der Waals surface area (Å²) < 4.78 is 10.5. The highest BCUT2D eigenvalue weighted by Crippen LogP contribution is 2.48. The van der Waals surface area contributed by atoms with Crippen molar-refractivity contribution in [1.82, 2.24) is 0 Å². The molecule has 14 rings (SSSR count). The first-order valence-corrected chi connectivity index (χ1v) is 24.7. The molecule has 0 bridgehead atoms. The monoisotopic (exact) mass is 886 g/mol. The van der Waals surface area contributed by atoms with E-state index in [1.807, 2.05) is 45.3 Å². The van der Waals surface area contributed by atoms with Gasteiger partial charge in [0.1, 0.15) is 0 Å². The van der Waals surface area contributed by atoms with Gasteiger partial charge in [-0.1, -0.05) is 121 Å². The third kappa shape index (κ3) is 5.60. The first-order chi connectivity index (χ1) is 31.7. The van der Waals surface area contributed by atoms with Crippen LogP contribution in [0.4, 0.5) is 34.1 Å². The largest absolute Gasteiger partial charge is 0.310 e. The molecule has 300 valence electrons. The lowest BCUT2D eigenvalue weighted by molar-refractivity contribution is 1.30. The SMILES string of the molecule is c1ccc(N(c2ccc3c(c2)sc2ccccc23)c2ccc3c(c2)sc2c3ccc3c2ccc2c4ccc(N(c5ccccc5)c5ccc6c(c5)sc5ccccc56)cc4sc23)cc1. The van der Waals surface area contributed by atoms with E-state index in [0.29, 0.717) is 0 Å². The van der Waals surface area contributed by atoms with Crippen LogP contribution in [0, 0.1) is 0 Å². The highest BCUT2D eigenvalue weighted by molar-refractivity contribution is 7.28. The third-order valence-electron chi connectivity index (χ3n) is 12.8. The fraction of sp³-hybridized carbons (Fsp3) is 0. The van der Waals surface area contributed by atoms with Gasteiger partial charge >= 0.3 is 0 Å². The van der Waals surface area contributed by atoms with Crippen LogP contribution >= 0.6 is 45.3 Å². The molecule has 4 heterocycles. The minimum atomic E-state index is 1.15. The standard InChI is InChI=1S/C58H34N2S4/c1-3-11-35(12-4-1)59(37-19-23-43-41-15-7-9-17-51(41)61-53(43)31-37)39-21-25-45-47-27-29-50-49(57(47)63-55(45)33-39)30-28-48-46-26-22-40(34-56(46)64-58(48)50)60(36-13-5-2-6-14-36)38-20-24-44-42-16-8-10-18-52(42)62-54(44)32-38/h1-34H. The Morgan fingerprint density at radius 3 is 0.875 bits per heavy atom. The van der Waals surface area contributed by atoms with Crippen molar-refractivity contribution >= 4 is 171 Å². The minimum absolute atomic E-state index is 1.15. The number of rotatable bonds is 6. The van der Waals surface area contributed by atoms with Crippen molar-refractivity contribution in [2.75, 3.05) is 9.80 Å². The first kappa shape index (κ1) is 36.4. The van der Waals surface area contributed by atoms with Crippen LogP contribution in [0.1, 0.15) is 0 Å². The molecule has 0 saturated carbocycles. The van der Waals surface area contributed by atoms with Gasteiger partial charge in [-0.2, -0.15) is 0 Å². The average Bonchev–Trinajstić information content (AvgIpc) is 4.12. The van der Waals surface area contributed by atoms with E-state index < -0.39 is 0 Å². The van der Waals surface area contributed by atoms with Crippen molar-refractivity contribution in [3.05, 3.63) is 206 Å². The smallest absolute Gasteiger partial charge is 0.0476 e. The van der Waals surface area contributed by atoms with Gasteiger partial charge in [-0.25, -0.2) is 0 Å². The summed E-state index contributed by atoms with van der Waals surface area (Å²) in [6.45, 7) is 0. The quantitative estimate of drug-likeness (QED) is 0.164. The summed E-state index contributed by atoms with van der Waals surface area (Å²) >= 11 is 7.56. The van der Waals surface area contributed by atoms with Gasteiger partial charge in [-0.15, -0.1) is 45.3 Å². The lowest BCUT2D eigenvalue weighted by Gasteiger charge is -2.25. The van der Waals surface area contributed by atoms with Gasteiger partial charge in [-0.05, 0) is 84.9 Å². The van der Waals surface area contributed by atoms with Gasteiger partial charge in [0, 0.05) is 126 Å². The Balaban J connectivity index is 0.884. The molecule has 0 radical (unpaired) electrons. The van der Waals surface area contributed by atoms with Crippen LogP contribution in [-0.2, 0) is 0 Å². The second-order valence-corrected chi connectivity index (χ2v) is 20.7. The van der Waals surface area contributed by atoms with E-state index in [9.17, 15) is 0 Å². The third-order valence-corrected chi connectivity index (χ3v) is 17.5. The summed E-state index contributed by atoms with van der Waals surface area (Å²) in [5.41, 5.74) is 6.94. The van der Waals surface area contributed by atoms with Crippen LogP contribution in [0.25, 0.3) is 91.5 Å². The van der Waals surface area contributed by atoms with Crippen molar-refractivity contribution in [3.63, 3.8) is 0 Å². The Bertz CT molecular complexity index is 3890. The molecule has 10 aromatic carbocycles. The average molecular weight is 887 g/mol. The van der Waals surface area contributed by atoms with Crippen molar-refractivity contribution in [1.29, 1.82) is 0 Å². The summed E-state index contributed by atoms with van der Waals surface area (Å²) in [6, 6.07) is 76.4. The van der Waals surface area contributed by atoms with E-state index in [1.54, 1.807) is 0 Å². The van der Waals surface area contributed by atoms with E-state index >= 15 is 0 Å². The zero-order chi connectivity index (χ0) is 41.9. The number of para-hydroxylation sites is 2. The van der Waals surface area contributed by atoms with E-state index in [1.165, 1.54) is 91.5 Å². The van der Waals surface area contributed by atoms with E-state index in [-0.39, 0.29) is 0 Å². The molecule has 4 aromatic heterocycles. The Morgan fingerprint density at radius 1 is 0.203 bits per heavy atom. The molecule has 64 heavy (non-hydrogen) atoms. The van der Waals surface area contributed by atoms with Crippen LogP contribution in [-0.4, -0.2) is 0 Å². The zero-order valence-electron chi connectivity index (χ0n) is 34.2. The molecule has 0 aliphatic heterocycles. The highest BCUT2D eigenvalue weighted by Gasteiger charge is 2.20. The number of fused-ring (bicyclic) bond motifs is 15. The van der Waals surface area contributed by atoms with Crippen molar-refractivity contribution in [2.45, 2.75) is 0 Å². The fourth-order valence-electron chi connectivity index (χ4n) is 9.88. The summed E-state index contributed by atoms with van der Waals surface area (Å²) in [4.78, 5) is 4.81. The van der Waals surface area contributed by atoms with Crippen LogP contribution < -0.4 is 9.80 Å². The predicted molar refractivity (Wildman–Crippen MR) is 285 cm³/mol. The Hall–Kier alpha value is -7.06. The highest BCUT2D eigenvalue weighted by atomic mass is 32.1. The maximum Gasteiger partial charge on any atom is 0.0476 e. The van der Waals surface area contributed by atoms with E-state index in [2.05, 4.69) is 216 Å². The molecule has 0 unspecified atom stereocenters. The molecule has 0 fully saturated rings. The summed E-state index contributed by atoms with van der Waals surface area (Å²) in [5, 5.41) is 13.1. The minimum Gasteiger partial charge on any atom is -0.310 e. The molecule has 0 spiro atoms. The molecule has 14 aromatic rings. The topological polar surface area (TPSA) is 6.48 Å². The second kappa shape index (κ2) is 14.2. The molecular weight excluding hydrogens is 853 g/mol. The number of nitrogens with zero attached hydrogens (tertiary/aromatic N) is 2. The molecule has 0 saturated heterocycles.